The Morgan fingerprint density at radius 1 is 1.04 bits per heavy atom. The van der Waals surface area contributed by atoms with Crippen LogP contribution in [0.15, 0.2) is 46.9 Å². The molecule has 24 heavy (non-hydrogen) atoms. The molecule has 0 aliphatic carbocycles. The summed E-state index contributed by atoms with van der Waals surface area (Å²) in [7, 11) is 0. The van der Waals surface area contributed by atoms with Gasteiger partial charge in [0.15, 0.2) is 0 Å². The van der Waals surface area contributed by atoms with Gasteiger partial charge in [0.05, 0.1) is 5.56 Å². The van der Waals surface area contributed by atoms with Crippen molar-refractivity contribution in [2.45, 2.75) is 26.2 Å². The van der Waals surface area contributed by atoms with Gasteiger partial charge in [0.25, 0.3) is 0 Å². The molecule has 126 valence electrons. The predicted octanol–water partition coefficient (Wildman–Crippen LogP) is 4.52. The summed E-state index contributed by atoms with van der Waals surface area (Å²) >= 11 is 0. The van der Waals surface area contributed by atoms with Crippen molar-refractivity contribution in [1.82, 2.24) is 5.32 Å². The maximum Gasteiger partial charge on any atom is 0.338 e. The molecule has 1 N–H and O–H groups in total. The number of nitrogens with one attached hydrogen (secondary N) is 1. The van der Waals surface area contributed by atoms with E-state index in [1.54, 1.807) is 6.07 Å². The molecule has 4 nitrogen and oxygen atoms in total. The standard InChI is InChI=1S/C20H23NO3/c1-2-3-6-12-21-13-14-23-20(22)16-9-7-11-18-19(16)15-8-4-5-10-17(15)24-18/h4-5,7-11,21H,2-3,6,12-14H2,1H3. The van der Waals surface area contributed by atoms with Gasteiger partial charge in [0.2, 0.25) is 0 Å². The molecule has 0 saturated heterocycles. The molecule has 0 spiro atoms. The topological polar surface area (TPSA) is 51.5 Å². The van der Waals surface area contributed by atoms with Crippen LogP contribution in [-0.4, -0.2) is 25.7 Å². The molecule has 3 rings (SSSR count). The summed E-state index contributed by atoms with van der Waals surface area (Å²) in [6.45, 7) is 4.20. The summed E-state index contributed by atoms with van der Waals surface area (Å²) in [4.78, 5) is 12.4. The molecule has 0 unspecified atom stereocenters. The fraction of sp³-hybridized carbons (Fsp3) is 0.350. The van der Waals surface area contributed by atoms with Gasteiger partial charge in [0.1, 0.15) is 17.8 Å². The lowest BCUT2D eigenvalue weighted by molar-refractivity contribution is 0.0511. The van der Waals surface area contributed by atoms with Gasteiger partial charge in [-0.3, -0.25) is 0 Å². The van der Waals surface area contributed by atoms with E-state index in [9.17, 15) is 4.79 Å². The second-order valence-corrected chi connectivity index (χ2v) is 5.87. The fourth-order valence-corrected chi connectivity index (χ4v) is 2.86. The van der Waals surface area contributed by atoms with Crippen LogP contribution in [0.1, 0.15) is 36.5 Å². The summed E-state index contributed by atoms with van der Waals surface area (Å²) in [6, 6.07) is 13.2. The Bertz CT molecular complexity index is 822. The van der Waals surface area contributed by atoms with Crippen molar-refractivity contribution in [2.24, 2.45) is 0 Å². The first-order valence-corrected chi connectivity index (χ1v) is 8.59. The molecule has 0 bridgehead atoms. The Morgan fingerprint density at radius 2 is 1.88 bits per heavy atom. The molecular formula is C20H23NO3. The van der Waals surface area contributed by atoms with Crippen molar-refractivity contribution in [2.75, 3.05) is 19.7 Å². The van der Waals surface area contributed by atoms with Crippen molar-refractivity contribution in [1.29, 1.82) is 0 Å². The number of carbonyl (C=O) groups excluding carboxylic acids is 1. The molecule has 4 heteroatoms. The Labute approximate surface area is 141 Å². The van der Waals surface area contributed by atoms with Gasteiger partial charge in [-0.15, -0.1) is 0 Å². The average Bonchev–Trinajstić information content (AvgIpc) is 2.99. The highest BCUT2D eigenvalue weighted by molar-refractivity contribution is 6.15. The third kappa shape index (κ3) is 3.60. The number of rotatable bonds is 8. The van der Waals surface area contributed by atoms with Crippen LogP contribution in [0.25, 0.3) is 21.9 Å². The molecule has 0 atom stereocenters. The molecule has 3 aromatic rings. The number of hydrogen-bond donors (Lipinski definition) is 1. The SMILES string of the molecule is CCCCCNCCOC(=O)c1cccc2oc3ccccc3c12. The van der Waals surface area contributed by atoms with Crippen molar-refractivity contribution >= 4 is 27.9 Å². The van der Waals surface area contributed by atoms with Gasteiger partial charge in [-0.25, -0.2) is 4.79 Å². The Kier molecular flexibility index (Phi) is 5.49. The molecule has 1 aromatic heterocycles. The highest BCUT2D eigenvalue weighted by atomic mass is 16.5. The van der Waals surface area contributed by atoms with Gasteiger partial charge in [-0.05, 0) is 31.2 Å². The second-order valence-electron chi connectivity index (χ2n) is 5.87. The first-order valence-electron chi connectivity index (χ1n) is 8.59. The summed E-state index contributed by atoms with van der Waals surface area (Å²) in [5.41, 5.74) is 2.05. The molecule has 0 saturated carbocycles. The number of para-hydroxylation sites is 1. The van der Waals surface area contributed by atoms with Gasteiger partial charge in [-0.2, -0.15) is 0 Å². The first kappa shape index (κ1) is 16.5. The van der Waals surface area contributed by atoms with Gasteiger partial charge < -0.3 is 14.5 Å². The molecule has 0 radical (unpaired) electrons. The lowest BCUT2D eigenvalue weighted by Gasteiger charge is -2.07. The maximum absolute atomic E-state index is 12.4. The van der Waals surface area contributed by atoms with E-state index < -0.39 is 0 Å². The predicted molar refractivity (Wildman–Crippen MR) is 96.4 cm³/mol. The lowest BCUT2D eigenvalue weighted by Crippen LogP contribution is -2.22. The van der Waals surface area contributed by atoms with E-state index in [0.29, 0.717) is 24.3 Å². The summed E-state index contributed by atoms with van der Waals surface area (Å²) in [6.07, 6.45) is 3.59. The molecular weight excluding hydrogens is 302 g/mol. The second kappa shape index (κ2) is 7.97. The maximum atomic E-state index is 12.4. The number of carbonyl (C=O) groups is 1. The summed E-state index contributed by atoms with van der Waals surface area (Å²) in [5, 5.41) is 5.06. The zero-order chi connectivity index (χ0) is 16.8. The van der Waals surface area contributed by atoms with Crippen LogP contribution in [0.3, 0.4) is 0 Å². The number of benzene rings is 2. The van der Waals surface area contributed by atoms with Crippen molar-refractivity contribution in [3.8, 4) is 0 Å². The smallest absolute Gasteiger partial charge is 0.338 e. The third-order valence-electron chi connectivity index (χ3n) is 4.09. The minimum Gasteiger partial charge on any atom is -0.461 e. The first-order chi connectivity index (χ1) is 11.8. The molecule has 0 aliphatic heterocycles. The van der Waals surface area contributed by atoms with Gasteiger partial charge in [0, 0.05) is 17.3 Å². The highest BCUT2D eigenvalue weighted by Gasteiger charge is 2.16. The van der Waals surface area contributed by atoms with E-state index in [2.05, 4.69) is 12.2 Å². The van der Waals surface area contributed by atoms with Gasteiger partial charge in [-0.1, -0.05) is 44.0 Å². The number of furan rings is 1. The monoisotopic (exact) mass is 325 g/mol. The quantitative estimate of drug-likeness (QED) is 0.488. The van der Waals surface area contributed by atoms with E-state index in [4.69, 9.17) is 9.15 Å². The van der Waals surface area contributed by atoms with E-state index in [0.717, 1.165) is 29.3 Å². The Hall–Kier alpha value is -2.33. The lowest BCUT2D eigenvalue weighted by atomic mass is 10.1. The van der Waals surface area contributed by atoms with E-state index in [1.165, 1.54) is 12.8 Å². The zero-order valence-corrected chi connectivity index (χ0v) is 14.0. The number of ether oxygens (including phenoxy) is 1. The normalized spacial score (nSPS) is 11.2. The molecule has 0 amide bonds. The van der Waals surface area contributed by atoms with Crippen LogP contribution in [0.2, 0.25) is 0 Å². The number of hydrogen-bond acceptors (Lipinski definition) is 4. The van der Waals surface area contributed by atoms with Crippen molar-refractivity contribution in [3.63, 3.8) is 0 Å². The summed E-state index contributed by atoms with van der Waals surface area (Å²) in [5.74, 6) is -0.303. The van der Waals surface area contributed by atoms with E-state index in [-0.39, 0.29) is 5.97 Å². The number of esters is 1. The van der Waals surface area contributed by atoms with Crippen LogP contribution in [0.5, 0.6) is 0 Å². The van der Waals surface area contributed by atoms with Crippen molar-refractivity contribution in [3.05, 3.63) is 48.0 Å². The summed E-state index contributed by atoms with van der Waals surface area (Å²) < 4.78 is 11.2. The fourth-order valence-electron chi connectivity index (χ4n) is 2.86. The van der Waals surface area contributed by atoms with E-state index in [1.807, 2.05) is 36.4 Å². The van der Waals surface area contributed by atoms with Crippen molar-refractivity contribution < 1.29 is 13.9 Å². The Balaban J connectivity index is 1.67. The minimum atomic E-state index is -0.303. The van der Waals surface area contributed by atoms with Crippen LogP contribution in [0.4, 0.5) is 0 Å². The number of fused-ring (bicyclic) bond motifs is 3. The van der Waals surface area contributed by atoms with Gasteiger partial charge >= 0.3 is 5.97 Å². The Morgan fingerprint density at radius 3 is 2.75 bits per heavy atom. The molecule has 0 fully saturated rings. The largest absolute Gasteiger partial charge is 0.461 e. The minimum absolute atomic E-state index is 0.303. The zero-order valence-electron chi connectivity index (χ0n) is 14.0. The van der Waals surface area contributed by atoms with Crippen LogP contribution in [0, 0.1) is 0 Å². The molecule has 0 aliphatic rings. The van der Waals surface area contributed by atoms with Crippen LogP contribution < -0.4 is 5.32 Å². The molecule has 1 heterocycles. The molecule has 2 aromatic carbocycles. The van der Waals surface area contributed by atoms with Crippen LogP contribution >= 0.6 is 0 Å². The third-order valence-corrected chi connectivity index (χ3v) is 4.09. The van der Waals surface area contributed by atoms with E-state index >= 15 is 0 Å². The highest BCUT2D eigenvalue weighted by Crippen LogP contribution is 2.31. The van der Waals surface area contributed by atoms with Crippen LogP contribution in [-0.2, 0) is 4.74 Å². The average molecular weight is 325 g/mol. The number of unbranched alkanes of at least 4 members (excludes halogenated alkanes) is 2.